The molecule has 1 aromatic heterocycles. The van der Waals surface area contributed by atoms with Gasteiger partial charge in [0.05, 0.1) is 0 Å². The average molecular weight is 230 g/mol. The van der Waals surface area contributed by atoms with E-state index in [0.29, 0.717) is 5.02 Å². The predicted molar refractivity (Wildman–Crippen MR) is 67.7 cm³/mol. The predicted octanol–water partition coefficient (Wildman–Crippen LogP) is 2.21. The zero-order valence-electron chi connectivity index (χ0n) is 8.40. The Morgan fingerprint density at radius 1 is 1.00 bits per heavy atom. The van der Waals surface area contributed by atoms with Crippen molar-refractivity contribution in [3.63, 3.8) is 0 Å². The molecule has 0 fully saturated rings. The van der Waals surface area contributed by atoms with Crippen LogP contribution in [0.1, 0.15) is 0 Å². The molecule has 0 radical (unpaired) electrons. The third kappa shape index (κ3) is 1.40. The first-order chi connectivity index (χ1) is 7.78. The van der Waals surface area contributed by atoms with Crippen molar-refractivity contribution in [2.24, 2.45) is 0 Å². The van der Waals surface area contributed by atoms with Gasteiger partial charge in [0.25, 0.3) is 0 Å². The van der Waals surface area contributed by atoms with Gasteiger partial charge in [0.1, 0.15) is 11.2 Å². The first-order valence-electron chi connectivity index (χ1n) is 4.99. The van der Waals surface area contributed by atoms with E-state index in [4.69, 9.17) is 21.0 Å². The minimum absolute atomic E-state index is 0.0216. The molecule has 1 N–H and O–H groups in total. The molecule has 1 heterocycles. The summed E-state index contributed by atoms with van der Waals surface area (Å²) >= 11 is 5.95. The largest absolute Gasteiger partial charge is 0.456 e. The maximum Gasteiger partial charge on any atom is 0.304 e. The van der Waals surface area contributed by atoms with E-state index in [1.165, 1.54) is 0 Å². The molecule has 78 valence electrons. The number of furan rings is 1. The molecule has 0 saturated heterocycles. The molecule has 0 aliphatic carbocycles. The first-order valence-corrected chi connectivity index (χ1v) is 5.37. The number of benzene rings is 2. The SMILES string of the molecule is OBc1ccc2c(c1)oc1ccc(Cl)cc12. The van der Waals surface area contributed by atoms with Gasteiger partial charge in [-0.1, -0.05) is 23.7 Å². The van der Waals surface area contributed by atoms with Gasteiger partial charge in [-0.3, -0.25) is 0 Å². The highest BCUT2D eigenvalue weighted by atomic mass is 35.5. The highest BCUT2D eigenvalue weighted by Gasteiger charge is 2.07. The lowest BCUT2D eigenvalue weighted by Crippen LogP contribution is -2.11. The van der Waals surface area contributed by atoms with Crippen molar-refractivity contribution in [1.29, 1.82) is 0 Å². The van der Waals surface area contributed by atoms with Gasteiger partial charge in [-0.2, -0.15) is 0 Å². The molecule has 4 heteroatoms. The fourth-order valence-corrected chi connectivity index (χ4v) is 2.06. The summed E-state index contributed by atoms with van der Waals surface area (Å²) in [6.07, 6.45) is 0. The summed E-state index contributed by atoms with van der Waals surface area (Å²) in [7, 11) is 0.0216. The van der Waals surface area contributed by atoms with E-state index in [1.54, 1.807) is 6.07 Å². The first kappa shape index (κ1) is 9.76. The molecule has 0 unspecified atom stereocenters. The summed E-state index contributed by atoms with van der Waals surface area (Å²) in [4.78, 5) is 0. The van der Waals surface area contributed by atoms with Crippen molar-refractivity contribution in [1.82, 2.24) is 0 Å². The maximum atomic E-state index is 9.05. The second-order valence-corrected chi connectivity index (χ2v) is 4.17. The van der Waals surface area contributed by atoms with Crippen LogP contribution in [0.3, 0.4) is 0 Å². The molecular formula is C12H8BClO2. The lowest BCUT2D eigenvalue weighted by molar-refractivity contribution is 0.615. The Hall–Kier alpha value is -1.45. The monoisotopic (exact) mass is 230 g/mol. The Bertz CT molecular complexity index is 675. The summed E-state index contributed by atoms with van der Waals surface area (Å²) in [5.41, 5.74) is 2.44. The molecule has 0 atom stereocenters. The molecular weight excluding hydrogens is 222 g/mol. The van der Waals surface area contributed by atoms with Crippen LogP contribution in [-0.4, -0.2) is 12.5 Å². The summed E-state index contributed by atoms with van der Waals surface area (Å²) in [5.74, 6) is 0. The van der Waals surface area contributed by atoms with Crippen LogP contribution in [0.2, 0.25) is 5.02 Å². The van der Waals surface area contributed by atoms with E-state index in [9.17, 15) is 0 Å². The molecule has 0 bridgehead atoms. The highest BCUT2D eigenvalue weighted by Crippen LogP contribution is 2.29. The van der Waals surface area contributed by atoms with Gasteiger partial charge in [-0.15, -0.1) is 0 Å². The van der Waals surface area contributed by atoms with Gasteiger partial charge in [0.15, 0.2) is 0 Å². The van der Waals surface area contributed by atoms with Crippen LogP contribution in [-0.2, 0) is 0 Å². The third-order valence-corrected chi connectivity index (χ3v) is 2.92. The number of rotatable bonds is 1. The highest BCUT2D eigenvalue weighted by molar-refractivity contribution is 6.46. The summed E-state index contributed by atoms with van der Waals surface area (Å²) < 4.78 is 5.68. The van der Waals surface area contributed by atoms with Crippen molar-refractivity contribution in [3.8, 4) is 0 Å². The van der Waals surface area contributed by atoms with E-state index in [2.05, 4.69) is 0 Å². The number of halogens is 1. The Balaban J connectivity index is 2.41. The zero-order chi connectivity index (χ0) is 11.1. The second kappa shape index (κ2) is 3.54. The smallest absolute Gasteiger partial charge is 0.304 e. The second-order valence-electron chi connectivity index (χ2n) is 3.73. The third-order valence-electron chi connectivity index (χ3n) is 2.68. The molecule has 3 aromatic rings. The standard InChI is InChI=1S/C12H8BClO2/c14-8-2-4-11-10(6-8)9-3-1-7(13-15)5-12(9)16-11/h1-6,13,15H. The van der Waals surface area contributed by atoms with Gasteiger partial charge in [0.2, 0.25) is 0 Å². The minimum Gasteiger partial charge on any atom is -0.456 e. The van der Waals surface area contributed by atoms with Crippen LogP contribution in [0, 0.1) is 0 Å². The van der Waals surface area contributed by atoms with Crippen molar-refractivity contribution in [2.45, 2.75) is 0 Å². The molecule has 2 nitrogen and oxygen atoms in total. The van der Waals surface area contributed by atoms with Gasteiger partial charge in [-0.05, 0) is 29.7 Å². The van der Waals surface area contributed by atoms with Crippen molar-refractivity contribution >= 4 is 46.5 Å². The van der Waals surface area contributed by atoms with Crippen LogP contribution in [0.5, 0.6) is 0 Å². The molecule has 3 rings (SSSR count). The molecule has 0 spiro atoms. The van der Waals surface area contributed by atoms with Gasteiger partial charge < -0.3 is 9.44 Å². The fourth-order valence-electron chi connectivity index (χ4n) is 1.89. The van der Waals surface area contributed by atoms with Gasteiger partial charge in [0, 0.05) is 15.8 Å². The number of hydrogen-bond donors (Lipinski definition) is 1. The molecule has 0 aliphatic rings. The van der Waals surface area contributed by atoms with E-state index >= 15 is 0 Å². The Morgan fingerprint density at radius 2 is 1.88 bits per heavy atom. The van der Waals surface area contributed by atoms with Crippen molar-refractivity contribution in [2.75, 3.05) is 0 Å². The lowest BCUT2D eigenvalue weighted by atomic mass is 9.88. The molecule has 16 heavy (non-hydrogen) atoms. The topological polar surface area (TPSA) is 33.4 Å². The zero-order valence-corrected chi connectivity index (χ0v) is 9.16. The number of fused-ring (bicyclic) bond motifs is 3. The van der Waals surface area contributed by atoms with Crippen molar-refractivity contribution in [3.05, 3.63) is 41.4 Å². The lowest BCUT2D eigenvalue weighted by Gasteiger charge is -1.93. The molecule has 0 saturated carbocycles. The normalized spacial score (nSPS) is 11.1. The summed E-state index contributed by atoms with van der Waals surface area (Å²) in [5, 5.41) is 11.8. The van der Waals surface area contributed by atoms with Crippen molar-refractivity contribution < 1.29 is 9.44 Å². The van der Waals surface area contributed by atoms with Crippen LogP contribution in [0.15, 0.2) is 40.8 Å². The molecule has 0 amide bonds. The summed E-state index contributed by atoms with van der Waals surface area (Å²) in [6.45, 7) is 0. The van der Waals surface area contributed by atoms with E-state index in [-0.39, 0.29) is 7.48 Å². The van der Waals surface area contributed by atoms with E-state index in [0.717, 1.165) is 27.4 Å². The molecule has 2 aromatic carbocycles. The Morgan fingerprint density at radius 3 is 2.69 bits per heavy atom. The number of hydrogen-bond acceptors (Lipinski definition) is 2. The van der Waals surface area contributed by atoms with E-state index < -0.39 is 0 Å². The quantitative estimate of drug-likeness (QED) is 0.650. The van der Waals surface area contributed by atoms with Crippen LogP contribution < -0.4 is 5.46 Å². The Kier molecular flexibility index (Phi) is 2.16. The molecule has 0 aliphatic heterocycles. The Labute approximate surface area is 97.7 Å². The van der Waals surface area contributed by atoms with E-state index in [1.807, 2.05) is 30.3 Å². The van der Waals surface area contributed by atoms with Crippen LogP contribution in [0.4, 0.5) is 0 Å². The van der Waals surface area contributed by atoms with Crippen LogP contribution in [0.25, 0.3) is 21.9 Å². The fraction of sp³-hybridized carbons (Fsp3) is 0. The van der Waals surface area contributed by atoms with Gasteiger partial charge in [-0.25, -0.2) is 0 Å². The summed E-state index contributed by atoms with van der Waals surface area (Å²) in [6, 6.07) is 11.2. The average Bonchev–Trinajstić information content (AvgIpc) is 2.66. The minimum atomic E-state index is 0.0216. The van der Waals surface area contributed by atoms with Crippen LogP contribution >= 0.6 is 11.6 Å². The van der Waals surface area contributed by atoms with Gasteiger partial charge >= 0.3 is 7.48 Å². The maximum absolute atomic E-state index is 9.05.